The summed E-state index contributed by atoms with van der Waals surface area (Å²) in [5.41, 5.74) is 6.01. The number of ether oxygens (including phenoxy) is 1. The molecule has 0 saturated heterocycles. The van der Waals surface area contributed by atoms with E-state index in [-0.39, 0.29) is 11.5 Å². The minimum absolute atomic E-state index is 0.0462. The summed E-state index contributed by atoms with van der Waals surface area (Å²) in [7, 11) is 0. The molecular formula is C9H17NO2. The smallest absolute Gasteiger partial charge is 0.302 e. The maximum atomic E-state index is 10.5. The molecule has 0 heterocycles. The Morgan fingerprint density at radius 3 is 2.58 bits per heavy atom. The van der Waals surface area contributed by atoms with E-state index in [1.54, 1.807) is 0 Å². The van der Waals surface area contributed by atoms with Crippen LogP contribution in [0.15, 0.2) is 0 Å². The zero-order chi connectivity index (χ0) is 9.03. The molecule has 1 saturated carbocycles. The van der Waals surface area contributed by atoms with Crippen LogP contribution in [0.4, 0.5) is 0 Å². The number of carbonyl (C=O) groups is 1. The van der Waals surface area contributed by atoms with E-state index in [0.29, 0.717) is 6.61 Å². The molecule has 2 N–H and O–H groups in total. The summed E-state index contributed by atoms with van der Waals surface area (Å²) < 4.78 is 4.85. The van der Waals surface area contributed by atoms with Crippen LogP contribution in [0.1, 0.15) is 39.0 Å². The molecule has 12 heavy (non-hydrogen) atoms. The molecule has 0 aromatic carbocycles. The van der Waals surface area contributed by atoms with Crippen molar-refractivity contribution in [3.63, 3.8) is 0 Å². The van der Waals surface area contributed by atoms with Gasteiger partial charge in [0.25, 0.3) is 0 Å². The van der Waals surface area contributed by atoms with Crippen LogP contribution in [0.5, 0.6) is 0 Å². The Morgan fingerprint density at radius 1 is 1.50 bits per heavy atom. The molecular weight excluding hydrogens is 154 g/mol. The third kappa shape index (κ3) is 2.81. The van der Waals surface area contributed by atoms with Crippen molar-refractivity contribution in [1.29, 1.82) is 0 Å². The number of hydrogen-bond donors (Lipinski definition) is 1. The molecule has 1 aliphatic rings. The third-order valence-corrected chi connectivity index (χ3v) is 2.50. The minimum Gasteiger partial charge on any atom is -0.466 e. The zero-order valence-corrected chi connectivity index (χ0v) is 7.64. The average molecular weight is 171 g/mol. The van der Waals surface area contributed by atoms with Gasteiger partial charge < -0.3 is 10.5 Å². The van der Waals surface area contributed by atoms with Crippen LogP contribution < -0.4 is 5.73 Å². The van der Waals surface area contributed by atoms with E-state index in [2.05, 4.69) is 0 Å². The maximum absolute atomic E-state index is 10.5. The number of nitrogens with two attached hydrogens (primary N) is 1. The number of carbonyl (C=O) groups excluding carboxylic acids is 1. The topological polar surface area (TPSA) is 52.3 Å². The highest BCUT2D eigenvalue weighted by molar-refractivity contribution is 5.65. The third-order valence-electron chi connectivity index (χ3n) is 2.50. The van der Waals surface area contributed by atoms with Crippen molar-refractivity contribution >= 4 is 5.97 Å². The quantitative estimate of drug-likeness (QED) is 0.649. The van der Waals surface area contributed by atoms with E-state index in [0.717, 1.165) is 19.3 Å². The molecule has 0 aliphatic heterocycles. The van der Waals surface area contributed by atoms with E-state index in [9.17, 15) is 4.79 Å². The normalized spacial score (nSPS) is 20.8. The summed E-state index contributed by atoms with van der Waals surface area (Å²) in [6.45, 7) is 1.91. The fourth-order valence-corrected chi connectivity index (χ4v) is 1.73. The van der Waals surface area contributed by atoms with Crippen LogP contribution >= 0.6 is 0 Å². The zero-order valence-electron chi connectivity index (χ0n) is 7.64. The van der Waals surface area contributed by atoms with Crippen molar-refractivity contribution < 1.29 is 9.53 Å². The van der Waals surface area contributed by atoms with Crippen LogP contribution in [-0.2, 0) is 9.53 Å². The molecule has 0 spiro atoms. The summed E-state index contributed by atoms with van der Waals surface area (Å²) in [6, 6.07) is 0. The lowest BCUT2D eigenvalue weighted by Crippen LogP contribution is -2.37. The molecule has 0 unspecified atom stereocenters. The second-order valence-electron chi connectivity index (χ2n) is 3.66. The molecule has 0 aromatic heterocycles. The standard InChI is InChI=1S/C9H17NO2/c1-8(11)12-7-6-9(10)4-2-3-5-9/h2-7,10H2,1H3. The van der Waals surface area contributed by atoms with Crippen molar-refractivity contribution in [2.75, 3.05) is 6.61 Å². The Labute approximate surface area is 73.3 Å². The van der Waals surface area contributed by atoms with Crippen LogP contribution in [0.3, 0.4) is 0 Å². The highest BCUT2D eigenvalue weighted by atomic mass is 16.5. The van der Waals surface area contributed by atoms with Crippen molar-refractivity contribution in [3.8, 4) is 0 Å². The molecule has 0 atom stereocenters. The average Bonchev–Trinajstić information content (AvgIpc) is 2.35. The van der Waals surface area contributed by atoms with Crippen LogP contribution in [0.2, 0.25) is 0 Å². The lowest BCUT2D eigenvalue weighted by Gasteiger charge is -2.22. The molecule has 0 amide bonds. The Morgan fingerprint density at radius 2 is 2.08 bits per heavy atom. The van der Waals surface area contributed by atoms with Crippen molar-refractivity contribution in [2.45, 2.75) is 44.6 Å². The van der Waals surface area contributed by atoms with Gasteiger partial charge in [-0.25, -0.2) is 0 Å². The number of hydrogen-bond acceptors (Lipinski definition) is 3. The van der Waals surface area contributed by atoms with Gasteiger partial charge >= 0.3 is 5.97 Å². The molecule has 0 bridgehead atoms. The van der Waals surface area contributed by atoms with Gasteiger partial charge in [-0.2, -0.15) is 0 Å². The first-order chi connectivity index (χ1) is 5.62. The Kier molecular flexibility index (Phi) is 3.09. The second-order valence-corrected chi connectivity index (χ2v) is 3.66. The van der Waals surface area contributed by atoms with Gasteiger partial charge in [0.1, 0.15) is 0 Å². The summed E-state index contributed by atoms with van der Waals surface area (Å²) >= 11 is 0. The largest absolute Gasteiger partial charge is 0.466 e. The summed E-state index contributed by atoms with van der Waals surface area (Å²) in [5, 5.41) is 0. The maximum Gasteiger partial charge on any atom is 0.302 e. The van der Waals surface area contributed by atoms with Gasteiger partial charge in [-0.3, -0.25) is 4.79 Å². The monoisotopic (exact) mass is 171 g/mol. The van der Waals surface area contributed by atoms with Crippen molar-refractivity contribution in [3.05, 3.63) is 0 Å². The first-order valence-corrected chi connectivity index (χ1v) is 4.55. The van der Waals surface area contributed by atoms with Gasteiger partial charge in [0, 0.05) is 12.5 Å². The first-order valence-electron chi connectivity index (χ1n) is 4.55. The van der Waals surface area contributed by atoms with E-state index in [1.165, 1.54) is 19.8 Å². The van der Waals surface area contributed by atoms with Gasteiger partial charge in [-0.05, 0) is 19.3 Å². The van der Waals surface area contributed by atoms with Crippen LogP contribution in [0, 0.1) is 0 Å². The molecule has 0 aromatic rings. The molecule has 70 valence electrons. The molecule has 1 fully saturated rings. The minimum atomic E-state index is -0.211. The molecule has 1 rings (SSSR count). The Hall–Kier alpha value is -0.570. The highest BCUT2D eigenvalue weighted by Gasteiger charge is 2.28. The van der Waals surface area contributed by atoms with Gasteiger partial charge in [-0.1, -0.05) is 12.8 Å². The Bertz CT molecular complexity index is 162. The summed E-state index contributed by atoms with van der Waals surface area (Å²) in [6.07, 6.45) is 5.41. The fraction of sp³-hybridized carbons (Fsp3) is 0.889. The van der Waals surface area contributed by atoms with Crippen LogP contribution in [-0.4, -0.2) is 18.1 Å². The van der Waals surface area contributed by atoms with Gasteiger partial charge in [-0.15, -0.1) is 0 Å². The predicted molar refractivity (Wildman–Crippen MR) is 46.6 cm³/mol. The molecule has 0 radical (unpaired) electrons. The number of rotatable bonds is 3. The molecule has 3 nitrogen and oxygen atoms in total. The number of esters is 1. The van der Waals surface area contributed by atoms with Crippen LogP contribution in [0.25, 0.3) is 0 Å². The van der Waals surface area contributed by atoms with E-state index >= 15 is 0 Å². The lowest BCUT2D eigenvalue weighted by molar-refractivity contribution is -0.141. The highest BCUT2D eigenvalue weighted by Crippen LogP contribution is 2.29. The predicted octanol–water partition coefficient (Wildman–Crippen LogP) is 1.21. The van der Waals surface area contributed by atoms with Crippen molar-refractivity contribution in [2.24, 2.45) is 5.73 Å². The first kappa shape index (κ1) is 9.52. The van der Waals surface area contributed by atoms with Crippen molar-refractivity contribution in [1.82, 2.24) is 0 Å². The van der Waals surface area contributed by atoms with Gasteiger partial charge in [0.2, 0.25) is 0 Å². The summed E-state index contributed by atoms with van der Waals surface area (Å²) in [4.78, 5) is 10.5. The lowest BCUT2D eigenvalue weighted by atomic mass is 9.95. The van der Waals surface area contributed by atoms with Gasteiger partial charge in [0.15, 0.2) is 0 Å². The van der Waals surface area contributed by atoms with E-state index < -0.39 is 0 Å². The van der Waals surface area contributed by atoms with E-state index in [4.69, 9.17) is 10.5 Å². The fourth-order valence-electron chi connectivity index (χ4n) is 1.73. The summed E-state index contributed by atoms with van der Waals surface area (Å²) in [5.74, 6) is -0.211. The molecule has 1 aliphatic carbocycles. The molecule has 3 heteroatoms. The Balaban J connectivity index is 2.17. The second kappa shape index (κ2) is 3.90. The SMILES string of the molecule is CC(=O)OCCC1(N)CCCC1. The van der Waals surface area contributed by atoms with E-state index in [1.807, 2.05) is 0 Å². The van der Waals surface area contributed by atoms with Gasteiger partial charge in [0.05, 0.1) is 6.61 Å².